The van der Waals surface area contributed by atoms with Gasteiger partial charge < -0.3 is 5.43 Å². The smallest absolute Gasteiger partial charge is 0.169 e. The molecule has 0 aromatic rings. The Labute approximate surface area is 65.6 Å². The highest BCUT2D eigenvalue weighted by atomic mass is 16.7. The molecule has 0 fully saturated rings. The van der Waals surface area contributed by atoms with Crippen LogP contribution in [0.2, 0.25) is 0 Å². The molecule has 0 spiro atoms. The second kappa shape index (κ2) is 3.95. The maximum absolute atomic E-state index is 5.16. The van der Waals surface area contributed by atoms with Crippen LogP contribution >= 0.6 is 0 Å². The molecule has 1 heterocycles. The van der Waals surface area contributed by atoms with E-state index in [-0.39, 0.29) is 0 Å². The normalized spacial score (nSPS) is 20.5. The Kier molecular flexibility index (Phi) is 2.88. The van der Waals surface area contributed by atoms with E-state index < -0.39 is 0 Å². The molecule has 0 atom stereocenters. The van der Waals surface area contributed by atoms with Gasteiger partial charge in [-0.2, -0.15) is 0 Å². The molecular formula is C6H12N4O. The van der Waals surface area contributed by atoms with Gasteiger partial charge in [-0.05, 0) is 6.92 Å². The number of nitrogens with one attached hydrogen (secondary N) is 2. The predicted octanol–water partition coefficient (Wildman–Crippen LogP) is -0.195. The lowest BCUT2D eigenvalue weighted by Crippen LogP contribution is -2.50. The fourth-order valence-corrected chi connectivity index (χ4v) is 0.730. The number of aliphatic imine (C=N–C) groups is 1. The van der Waals surface area contributed by atoms with Gasteiger partial charge in [0.05, 0.1) is 6.61 Å². The SMILES string of the molecule is CCON1NNC=CC1=NC. The summed E-state index contributed by atoms with van der Waals surface area (Å²) in [6.45, 7) is 2.51. The molecule has 0 aromatic heterocycles. The molecule has 0 unspecified atom stereocenters. The maximum atomic E-state index is 5.16. The summed E-state index contributed by atoms with van der Waals surface area (Å²) >= 11 is 0. The second-order valence-electron chi connectivity index (χ2n) is 1.88. The molecule has 0 bridgehead atoms. The van der Waals surface area contributed by atoms with Crippen molar-refractivity contribution in [2.24, 2.45) is 4.99 Å². The third-order valence-electron chi connectivity index (χ3n) is 1.18. The summed E-state index contributed by atoms with van der Waals surface area (Å²) in [5.41, 5.74) is 5.54. The standard InChI is InChI=1S/C6H12N4O/c1-3-11-10-6(7-2)4-5-8-9-10/h4-5,8-9H,3H2,1-2H3. The van der Waals surface area contributed by atoms with Crippen molar-refractivity contribution < 1.29 is 4.84 Å². The number of hydrazine groups is 2. The highest BCUT2D eigenvalue weighted by molar-refractivity contribution is 5.92. The van der Waals surface area contributed by atoms with Crippen molar-refractivity contribution >= 4 is 5.84 Å². The lowest BCUT2D eigenvalue weighted by atomic mass is 10.5. The average molecular weight is 156 g/mol. The molecule has 1 aliphatic rings. The third kappa shape index (κ3) is 1.92. The van der Waals surface area contributed by atoms with Crippen LogP contribution in [0.1, 0.15) is 6.92 Å². The van der Waals surface area contributed by atoms with Gasteiger partial charge in [-0.1, -0.05) is 0 Å². The van der Waals surface area contributed by atoms with Crippen LogP contribution in [-0.4, -0.2) is 24.7 Å². The summed E-state index contributed by atoms with van der Waals surface area (Å²) in [7, 11) is 1.71. The Balaban J connectivity index is 2.57. The average Bonchev–Trinajstić information content (AvgIpc) is 2.06. The van der Waals surface area contributed by atoms with Crippen molar-refractivity contribution in [2.45, 2.75) is 6.92 Å². The van der Waals surface area contributed by atoms with Crippen LogP contribution in [0.15, 0.2) is 17.3 Å². The summed E-state index contributed by atoms with van der Waals surface area (Å²) in [4.78, 5) is 9.14. The van der Waals surface area contributed by atoms with Crippen molar-refractivity contribution in [3.05, 3.63) is 12.3 Å². The topological polar surface area (TPSA) is 48.9 Å². The fourth-order valence-electron chi connectivity index (χ4n) is 0.730. The molecule has 62 valence electrons. The van der Waals surface area contributed by atoms with E-state index in [2.05, 4.69) is 16.0 Å². The number of hydroxylamine groups is 1. The van der Waals surface area contributed by atoms with Gasteiger partial charge in [0.1, 0.15) is 0 Å². The van der Waals surface area contributed by atoms with E-state index in [0.29, 0.717) is 6.61 Å². The van der Waals surface area contributed by atoms with Crippen LogP contribution in [0.3, 0.4) is 0 Å². The van der Waals surface area contributed by atoms with E-state index in [4.69, 9.17) is 4.84 Å². The Morgan fingerprint density at radius 1 is 1.73 bits per heavy atom. The van der Waals surface area contributed by atoms with Crippen LogP contribution in [0.5, 0.6) is 0 Å². The first kappa shape index (κ1) is 8.03. The molecular weight excluding hydrogens is 144 g/mol. The molecule has 0 aromatic carbocycles. The monoisotopic (exact) mass is 156 g/mol. The van der Waals surface area contributed by atoms with Crippen LogP contribution in [-0.2, 0) is 4.84 Å². The van der Waals surface area contributed by atoms with Gasteiger partial charge >= 0.3 is 0 Å². The summed E-state index contributed by atoms with van der Waals surface area (Å²) in [6, 6.07) is 0. The lowest BCUT2D eigenvalue weighted by Gasteiger charge is -2.25. The first-order chi connectivity index (χ1) is 5.38. The molecule has 0 amide bonds. The van der Waals surface area contributed by atoms with Crippen molar-refractivity contribution in [3.63, 3.8) is 0 Å². The van der Waals surface area contributed by atoms with Gasteiger partial charge in [0.2, 0.25) is 0 Å². The number of hydrogen-bond donors (Lipinski definition) is 2. The first-order valence-corrected chi connectivity index (χ1v) is 3.46. The Morgan fingerprint density at radius 2 is 2.55 bits per heavy atom. The van der Waals surface area contributed by atoms with E-state index in [1.54, 1.807) is 13.2 Å². The largest absolute Gasteiger partial charge is 0.309 e. The zero-order valence-electron chi connectivity index (χ0n) is 6.66. The van der Waals surface area contributed by atoms with E-state index in [1.165, 1.54) is 5.17 Å². The minimum absolute atomic E-state index is 0.599. The lowest BCUT2D eigenvalue weighted by molar-refractivity contribution is -0.140. The first-order valence-electron chi connectivity index (χ1n) is 3.46. The van der Waals surface area contributed by atoms with E-state index in [9.17, 15) is 0 Å². The van der Waals surface area contributed by atoms with Crippen molar-refractivity contribution in [1.82, 2.24) is 16.1 Å². The van der Waals surface area contributed by atoms with E-state index in [0.717, 1.165) is 5.84 Å². The van der Waals surface area contributed by atoms with Gasteiger partial charge in [-0.25, -0.2) is 0 Å². The Bertz CT molecular complexity index is 177. The van der Waals surface area contributed by atoms with Gasteiger partial charge in [0, 0.05) is 19.3 Å². The van der Waals surface area contributed by atoms with Gasteiger partial charge in [0.25, 0.3) is 0 Å². The summed E-state index contributed by atoms with van der Waals surface area (Å²) in [5.74, 6) is 0.741. The maximum Gasteiger partial charge on any atom is 0.169 e. The van der Waals surface area contributed by atoms with Gasteiger partial charge in [-0.3, -0.25) is 9.83 Å². The van der Waals surface area contributed by atoms with Crippen LogP contribution < -0.4 is 11.0 Å². The number of nitrogens with zero attached hydrogens (tertiary/aromatic N) is 2. The fraction of sp³-hybridized carbons (Fsp3) is 0.500. The third-order valence-corrected chi connectivity index (χ3v) is 1.18. The molecule has 0 saturated carbocycles. The van der Waals surface area contributed by atoms with Crippen LogP contribution in [0.25, 0.3) is 0 Å². The van der Waals surface area contributed by atoms with E-state index in [1.807, 2.05) is 13.0 Å². The second-order valence-corrected chi connectivity index (χ2v) is 1.88. The highest BCUT2D eigenvalue weighted by Gasteiger charge is 2.09. The molecule has 5 heteroatoms. The summed E-state index contributed by atoms with van der Waals surface area (Å²) in [6.07, 6.45) is 3.56. The van der Waals surface area contributed by atoms with E-state index >= 15 is 0 Å². The molecule has 1 aliphatic heterocycles. The molecule has 5 nitrogen and oxygen atoms in total. The van der Waals surface area contributed by atoms with Crippen molar-refractivity contribution in [2.75, 3.05) is 13.7 Å². The summed E-state index contributed by atoms with van der Waals surface area (Å²) in [5, 5.41) is 1.47. The Hall–Kier alpha value is -1.07. The predicted molar refractivity (Wildman–Crippen MR) is 42.2 cm³/mol. The van der Waals surface area contributed by atoms with Crippen molar-refractivity contribution in [3.8, 4) is 0 Å². The number of hydrogen-bond acceptors (Lipinski definition) is 4. The Morgan fingerprint density at radius 3 is 3.18 bits per heavy atom. The minimum Gasteiger partial charge on any atom is -0.309 e. The quantitative estimate of drug-likeness (QED) is 0.581. The number of rotatable bonds is 2. The molecule has 11 heavy (non-hydrogen) atoms. The van der Waals surface area contributed by atoms with Crippen molar-refractivity contribution in [1.29, 1.82) is 0 Å². The minimum atomic E-state index is 0.599. The molecule has 0 saturated heterocycles. The molecule has 1 rings (SSSR count). The van der Waals surface area contributed by atoms with Gasteiger partial charge in [0.15, 0.2) is 5.84 Å². The van der Waals surface area contributed by atoms with Gasteiger partial charge in [-0.15, -0.1) is 10.7 Å². The molecule has 0 aliphatic carbocycles. The van der Waals surface area contributed by atoms with Crippen LogP contribution in [0.4, 0.5) is 0 Å². The molecule has 2 N–H and O–H groups in total. The number of amidine groups is 1. The zero-order valence-corrected chi connectivity index (χ0v) is 6.66. The summed E-state index contributed by atoms with van der Waals surface area (Å²) < 4.78 is 0. The van der Waals surface area contributed by atoms with Crippen LogP contribution in [0, 0.1) is 0 Å². The zero-order chi connectivity index (χ0) is 8.10. The highest BCUT2D eigenvalue weighted by Crippen LogP contribution is 1.93. The molecule has 0 radical (unpaired) electrons.